The van der Waals surface area contributed by atoms with Gasteiger partial charge in [0.15, 0.2) is 5.96 Å². The van der Waals surface area contributed by atoms with Gasteiger partial charge in [0.05, 0.1) is 0 Å². The summed E-state index contributed by atoms with van der Waals surface area (Å²) >= 11 is 0. The zero-order valence-electron chi connectivity index (χ0n) is 17.7. The highest BCUT2D eigenvalue weighted by Crippen LogP contribution is 2.18. The van der Waals surface area contributed by atoms with Crippen LogP contribution in [0.4, 0.5) is 0 Å². The van der Waals surface area contributed by atoms with Crippen molar-refractivity contribution in [3.63, 3.8) is 0 Å². The number of rotatable bonds is 6. The second-order valence-corrected chi connectivity index (χ2v) is 7.58. The van der Waals surface area contributed by atoms with Crippen molar-refractivity contribution in [2.45, 2.75) is 32.0 Å². The van der Waals surface area contributed by atoms with E-state index < -0.39 is 0 Å². The van der Waals surface area contributed by atoms with E-state index in [1.807, 2.05) is 37.4 Å². The van der Waals surface area contributed by atoms with Crippen molar-refractivity contribution in [3.05, 3.63) is 65.7 Å². The van der Waals surface area contributed by atoms with E-state index in [1.165, 1.54) is 11.1 Å². The molecule has 158 valence electrons. The smallest absolute Gasteiger partial charge is 0.193 e. The number of guanidine groups is 1. The van der Waals surface area contributed by atoms with E-state index >= 15 is 0 Å². The fourth-order valence-corrected chi connectivity index (χ4v) is 3.59. The summed E-state index contributed by atoms with van der Waals surface area (Å²) in [5.41, 5.74) is 2.61. The van der Waals surface area contributed by atoms with Gasteiger partial charge in [-0.3, -0.25) is 4.99 Å². The molecule has 29 heavy (non-hydrogen) atoms. The van der Waals surface area contributed by atoms with Gasteiger partial charge < -0.3 is 19.9 Å². The average Bonchev–Trinajstić information content (AvgIpc) is 2.70. The molecule has 0 unspecified atom stereocenters. The Hall–Kier alpha value is -1.80. The van der Waals surface area contributed by atoms with Gasteiger partial charge in [-0.2, -0.15) is 0 Å². The third kappa shape index (κ3) is 7.51. The molecule has 0 amide bonds. The monoisotopic (exact) mass is 508 g/mol. The molecule has 0 saturated carbocycles. The maximum Gasteiger partial charge on any atom is 0.193 e. The minimum absolute atomic E-state index is 0. The molecule has 0 bridgehead atoms. The van der Waals surface area contributed by atoms with Gasteiger partial charge in [-0.15, -0.1) is 24.0 Å². The van der Waals surface area contributed by atoms with Gasteiger partial charge >= 0.3 is 0 Å². The van der Waals surface area contributed by atoms with E-state index in [-0.39, 0.29) is 30.1 Å². The van der Waals surface area contributed by atoms with Crippen LogP contribution in [0.3, 0.4) is 0 Å². The second kappa shape index (κ2) is 12.0. The molecule has 0 radical (unpaired) electrons. The van der Waals surface area contributed by atoms with Crippen LogP contribution in [0.1, 0.15) is 24.0 Å². The molecule has 0 spiro atoms. The van der Waals surface area contributed by atoms with E-state index in [4.69, 9.17) is 4.74 Å². The van der Waals surface area contributed by atoms with Crippen LogP contribution in [0.2, 0.25) is 0 Å². The van der Waals surface area contributed by atoms with E-state index in [0.29, 0.717) is 0 Å². The first-order valence-corrected chi connectivity index (χ1v) is 10.0. The third-order valence-corrected chi connectivity index (χ3v) is 4.94. The van der Waals surface area contributed by atoms with Crippen LogP contribution in [-0.2, 0) is 13.1 Å². The number of aliphatic imine (C=N–C) groups is 1. The Labute approximate surface area is 192 Å². The molecule has 2 aromatic carbocycles. The lowest BCUT2D eigenvalue weighted by Crippen LogP contribution is -2.47. The van der Waals surface area contributed by atoms with Gasteiger partial charge in [0.1, 0.15) is 11.9 Å². The lowest BCUT2D eigenvalue weighted by atomic mass is 10.1. The van der Waals surface area contributed by atoms with E-state index in [9.17, 15) is 0 Å². The Morgan fingerprint density at radius 1 is 1.07 bits per heavy atom. The Morgan fingerprint density at radius 2 is 1.76 bits per heavy atom. The number of nitrogens with zero attached hydrogens (tertiary/aromatic N) is 3. The summed E-state index contributed by atoms with van der Waals surface area (Å²) < 4.78 is 6.10. The minimum atomic E-state index is 0. The van der Waals surface area contributed by atoms with Gasteiger partial charge in [-0.1, -0.05) is 42.5 Å². The maximum atomic E-state index is 6.10. The molecule has 0 atom stereocenters. The van der Waals surface area contributed by atoms with Crippen molar-refractivity contribution in [1.82, 2.24) is 15.1 Å². The molecule has 0 aromatic heterocycles. The zero-order valence-corrected chi connectivity index (χ0v) is 20.0. The standard InChI is InChI=1S/C23H32N4O.HI/c1-24-23(25-17-19-8-7-9-20(16-19)18-26(2)3)27-14-12-22(13-15-27)28-21-10-5-4-6-11-21;/h4-11,16,22H,12-15,17-18H2,1-3H3,(H,24,25);1H. The molecule has 5 nitrogen and oxygen atoms in total. The van der Waals surface area contributed by atoms with E-state index in [1.54, 1.807) is 0 Å². The summed E-state index contributed by atoms with van der Waals surface area (Å²) in [7, 11) is 6.05. The predicted molar refractivity (Wildman–Crippen MR) is 131 cm³/mol. The third-order valence-electron chi connectivity index (χ3n) is 4.94. The topological polar surface area (TPSA) is 40.1 Å². The Bertz CT molecular complexity index is 758. The van der Waals surface area contributed by atoms with Gasteiger partial charge in [-0.25, -0.2) is 0 Å². The number of halogens is 1. The van der Waals surface area contributed by atoms with Crippen molar-refractivity contribution in [1.29, 1.82) is 0 Å². The SMILES string of the molecule is CN=C(NCc1cccc(CN(C)C)c1)N1CCC(Oc2ccccc2)CC1.I. The van der Waals surface area contributed by atoms with Crippen molar-refractivity contribution >= 4 is 29.9 Å². The maximum absolute atomic E-state index is 6.10. The molecular weight excluding hydrogens is 475 g/mol. The van der Waals surface area contributed by atoms with Gasteiger partial charge in [-0.05, 0) is 37.4 Å². The molecule has 3 rings (SSSR count). The summed E-state index contributed by atoms with van der Waals surface area (Å²) in [6.45, 7) is 3.65. The quantitative estimate of drug-likeness (QED) is 0.364. The molecule has 1 N–H and O–H groups in total. The second-order valence-electron chi connectivity index (χ2n) is 7.58. The predicted octanol–water partition coefficient (Wildman–Crippen LogP) is 3.99. The van der Waals surface area contributed by atoms with Crippen LogP contribution >= 0.6 is 24.0 Å². The van der Waals surface area contributed by atoms with Gasteiger partial charge in [0.2, 0.25) is 0 Å². The van der Waals surface area contributed by atoms with Crippen LogP contribution < -0.4 is 10.1 Å². The summed E-state index contributed by atoms with van der Waals surface area (Å²) in [6.07, 6.45) is 2.29. The van der Waals surface area contributed by atoms with Crippen molar-refractivity contribution in [3.8, 4) is 5.75 Å². The molecule has 1 aliphatic rings. The Kier molecular flexibility index (Phi) is 9.73. The summed E-state index contributed by atoms with van der Waals surface area (Å²) in [4.78, 5) is 9.00. The van der Waals surface area contributed by atoms with Crippen LogP contribution in [0.15, 0.2) is 59.6 Å². The van der Waals surface area contributed by atoms with E-state index in [2.05, 4.69) is 58.5 Å². The number of likely N-dealkylation sites (tertiary alicyclic amines) is 1. The fraction of sp³-hybridized carbons (Fsp3) is 0.435. The number of hydrogen-bond donors (Lipinski definition) is 1. The Morgan fingerprint density at radius 3 is 2.41 bits per heavy atom. The molecule has 2 aromatic rings. The largest absolute Gasteiger partial charge is 0.490 e. The summed E-state index contributed by atoms with van der Waals surface area (Å²) in [6, 6.07) is 18.8. The highest BCUT2D eigenvalue weighted by molar-refractivity contribution is 14.0. The summed E-state index contributed by atoms with van der Waals surface area (Å²) in [5, 5.41) is 3.52. The normalized spacial score (nSPS) is 15.2. The number of nitrogens with one attached hydrogen (secondary N) is 1. The minimum Gasteiger partial charge on any atom is -0.490 e. The van der Waals surface area contributed by atoms with Crippen molar-refractivity contribution < 1.29 is 4.74 Å². The number of benzene rings is 2. The average molecular weight is 508 g/mol. The lowest BCUT2D eigenvalue weighted by molar-refractivity contribution is 0.129. The highest BCUT2D eigenvalue weighted by atomic mass is 127. The molecular formula is C23H33IN4O. The molecule has 1 saturated heterocycles. The van der Waals surface area contributed by atoms with E-state index in [0.717, 1.165) is 50.7 Å². The number of hydrogen-bond acceptors (Lipinski definition) is 3. The first-order chi connectivity index (χ1) is 13.6. The van der Waals surface area contributed by atoms with Crippen LogP contribution in [0.25, 0.3) is 0 Å². The van der Waals surface area contributed by atoms with Crippen molar-refractivity contribution in [2.75, 3.05) is 34.2 Å². The highest BCUT2D eigenvalue weighted by Gasteiger charge is 2.22. The summed E-state index contributed by atoms with van der Waals surface area (Å²) in [5.74, 6) is 1.93. The van der Waals surface area contributed by atoms with Gasteiger partial charge in [0, 0.05) is 46.1 Å². The van der Waals surface area contributed by atoms with Crippen molar-refractivity contribution in [2.24, 2.45) is 4.99 Å². The van der Waals surface area contributed by atoms with Crippen LogP contribution in [0, 0.1) is 0 Å². The Balaban J connectivity index is 0.00000300. The molecule has 6 heteroatoms. The number of piperidine rings is 1. The van der Waals surface area contributed by atoms with Gasteiger partial charge in [0.25, 0.3) is 0 Å². The first kappa shape index (κ1) is 23.5. The van der Waals surface area contributed by atoms with Crippen LogP contribution in [-0.4, -0.2) is 56.1 Å². The fourth-order valence-electron chi connectivity index (χ4n) is 3.59. The number of para-hydroxylation sites is 1. The molecule has 1 heterocycles. The van der Waals surface area contributed by atoms with Crippen LogP contribution in [0.5, 0.6) is 5.75 Å². The lowest BCUT2D eigenvalue weighted by Gasteiger charge is -2.34. The zero-order chi connectivity index (χ0) is 19.8. The molecule has 1 aliphatic heterocycles. The molecule has 1 fully saturated rings. The molecule has 0 aliphatic carbocycles. The first-order valence-electron chi connectivity index (χ1n) is 10.0. The number of ether oxygens (including phenoxy) is 1.